The molecule has 460 valence electrons. The molecule has 5 N–H and O–H groups in total. The highest BCUT2D eigenvalue weighted by molar-refractivity contribution is 6.55. The molecule has 0 radical (unpaired) electrons. The molecular formula is C62H69Cl2N3O19. The Morgan fingerprint density at radius 3 is 2.20 bits per heavy atom. The third-order valence-corrected chi connectivity index (χ3v) is 20.0. The number of allylic oxidation sites excluding steroid dienone is 2. The van der Waals surface area contributed by atoms with Crippen molar-refractivity contribution in [2.45, 2.75) is 127 Å². The van der Waals surface area contributed by atoms with E-state index in [1.165, 1.54) is 19.3 Å². The lowest BCUT2D eigenvalue weighted by atomic mass is 9.37. The van der Waals surface area contributed by atoms with Gasteiger partial charge in [0.2, 0.25) is 12.4 Å². The summed E-state index contributed by atoms with van der Waals surface area (Å²) < 4.78 is 65.4. The fourth-order valence-corrected chi connectivity index (χ4v) is 16.1. The maximum Gasteiger partial charge on any atom is 0.366 e. The van der Waals surface area contributed by atoms with Crippen LogP contribution in [0.15, 0.2) is 114 Å². The number of aromatic nitrogens is 1. The van der Waals surface area contributed by atoms with Crippen molar-refractivity contribution in [3.8, 4) is 17.6 Å². The van der Waals surface area contributed by atoms with Crippen LogP contribution in [0.3, 0.4) is 0 Å². The molecular weight excluding hydrogens is 1160 g/mol. The zero-order valence-corrected chi connectivity index (χ0v) is 50.2. The molecule has 6 heterocycles. The normalized spacial score (nSPS) is 39.3. The molecule has 1 aromatic heterocycles. The van der Waals surface area contributed by atoms with E-state index in [0.29, 0.717) is 17.1 Å². The Kier molecular flexibility index (Phi) is 16.3. The predicted molar refractivity (Wildman–Crippen MR) is 301 cm³/mol. The third-order valence-electron chi connectivity index (χ3n) is 19.8. The summed E-state index contributed by atoms with van der Waals surface area (Å²) in [4.78, 5) is 70.8. The van der Waals surface area contributed by atoms with Gasteiger partial charge in [0.05, 0.1) is 57.9 Å². The Labute approximate surface area is 506 Å². The van der Waals surface area contributed by atoms with Crippen molar-refractivity contribution in [1.82, 2.24) is 4.98 Å². The lowest BCUT2D eigenvalue weighted by molar-refractivity contribution is -0.314. The summed E-state index contributed by atoms with van der Waals surface area (Å²) >= 11 is 11.5. The molecule has 1 unspecified atom stereocenters. The Bertz CT molecular complexity index is 3310. The highest BCUT2D eigenvalue weighted by atomic mass is 35.5. The van der Waals surface area contributed by atoms with Gasteiger partial charge in [0.1, 0.15) is 50.9 Å². The van der Waals surface area contributed by atoms with Gasteiger partial charge in [-0.1, -0.05) is 80.4 Å². The number of ether oxygens (including phenoxy) is 11. The number of nitriles is 1. The van der Waals surface area contributed by atoms with E-state index in [1.807, 2.05) is 50.2 Å². The molecule has 4 aliphatic carbocycles. The number of aliphatic hydroxyl groups excluding tert-OH is 1. The molecule has 5 aliphatic heterocycles. The summed E-state index contributed by atoms with van der Waals surface area (Å²) in [7, 11) is 2.23. The number of nitrogens with zero attached hydrogens (tertiary/aromatic N) is 2. The van der Waals surface area contributed by atoms with Gasteiger partial charge in [-0.05, 0) is 87.1 Å². The van der Waals surface area contributed by atoms with E-state index in [1.54, 1.807) is 88.6 Å². The van der Waals surface area contributed by atoms with Gasteiger partial charge in [-0.2, -0.15) is 5.26 Å². The monoisotopic (exact) mass is 1230 g/mol. The van der Waals surface area contributed by atoms with Crippen LogP contribution in [0.25, 0.3) is 0 Å². The highest BCUT2D eigenvalue weighted by Crippen LogP contribution is 2.83. The minimum absolute atomic E-state index is 0.114. The quantitative estimate of drug-likeness (QED) is 0.0639. The number of nitrogen functional groups attached to an aromatic ring is 1. The van der Waals surface area contributed by atoms with Crippen LogP contribution in [0.2, 0.25) is 0 Å². The summed E-state index contributed by atoms with van der Waals surface area (Å²) in [5.74, 6) is -9.47. The molecule has 24 heteroatoms. The van der Waals surface area contributed by atoms with Crippen LogP contribution >= 0.6 is 23.2 Å². The number of carbonyl (C=O) groups excluding carboxylic acids is 5. The van der Waals surface area contributed by atoms with Crippen molar-refractivity contribution in [3.05, 3.63) is 119 Å². The first-order valence-corrected chi connectivity index (χ1v) is 28.8. The SMILES string of the molecule is C/C=C(\C)C(=O)O[C@H]1C[C@@H](OC(C)=O)[C@@]2(C(=O)OC)CO[C@H]3[C@@H](O)[C@@](C)([C@]45O[C@@]4(C)[C@H]4C[C@@H]5O[C@@H]5OC=C[C@@]54O)[C@H]4[C@]1(CO[C@]4(O)C(=O)OC)[C@@H]32.CC1(C)[C@H](C(=O)OC(C#N)c2cccc(Oc3ccccc3)c2)[C@@H]1C=C(Cl)Cl.Nc1ccncc1. The first-order valence-electron chi connectivity index (χ1n) is 28.0. The Morgan fingerprint density at radius 1 is 0.895 bits per heavy atom. The van der Waals surface area contributed by atoms with Crippen LogP contribution in [0, 0.1) is 62.6 Å². The molecule has 4 saturated carbocycles. The zero-order chi connectivity index (χ0) is 62.3. The highest BCUT2D eigenvalue weighted by Gasteiger charge is 2.97. The maximum absolute atomic E-state index is 14.2. The molecule has 4 saturated heterocycles. The van der Waals surface area contributed by atoms with Crippen molar-refractivity contribution < 1.29 is 91.4 Å². The predicted octanol–water partition coefficient (Wildman–Crippen LogP) is 6.64. The van der Waals surface area contributed by atoms with E-state index < -0.39 is 143 Å². The molecule has 86 heavy (non-hydrogen) atoms. The number of aliphatic hydroxyl groups is 3. The first kappa shape index (κ1) is 62.4. The number of hydrogen-bond donors (Lipinski definition) is 4. The van der Waals surface area contributed by atoms with E-state index in [9.17, 15) is 44.6 Å². The number of fused-ring (bicyclic) bond motifs is 7. The number of methoxy groups -OCH3 is 2. The largest absolute Gasteiger partial charge is 0.469 e. The third kappa shape index (κ3) is 9.37. The second kappa shape index (κ2) is 22.5. The number of hydrogen-bond acceptors (Lipinski definition) is 22. The van der Waals surface area contributed by atoms with Crippen LogP contribution in [-0.2, 0) is 71.3 Å². The maximum atomic E-state index is 14.2. The number of para-hydroxylation sites is 1. The zero-order valence-electron chi connectivity index (χ0n) is 48.7. The summed E-state index contributed by atoms with van der Waals surface area (Å²) in [6.45, 7) is 10.8. The van der Waals surface area contributed by atoms with E-state index >= 15 is 0 Å². The topological polar surface area (TPSA) is 314 Å². The average Bonchev–Trinajstić information content (AvgIpc) is 1.42. The summed E-state index contributed by atoms with van der Waals surface area (Å²) in [6.07, 6.45) is 0.834. The molecule has 22 nitrogen and oxygen atoms in total. The summed E-state index contributed by atoms with van der Waals surface area (Å²) in [5, 5.41) is 47.0. The number of anilines is 1. The Morgan fingerprint density at radius 2 is 1.58 bits per heavy atom. The number of halogens is 2. The Balaban J connectivity index is 0.000000195. The fraction of sp³-hybridized carbons (Fsp3) is 0.532. The molecule has 19 atom stereocenters. The molecule has 12 rings (SSSR count). The molecule has 2 aromatic carbocycles. The minimum atomic E-state index is -2.82. The standard InChI is InChI=1S/C35H44O16.C22H19Cl2NO3.C5H6N2/c1-8-15(2)24(38)49-18-12-19(48-16(3)36)32(26(39)43-6)13-46-21-22(32)31(18)14-47-34(42,27(40)44-7)25(31)29(4,23(21)37)35-20-11-17(30(35,5)51-35)33(41)9-10-45-28(33)50-20;1-22(2)17(12-19(23)24)20(22)21(26)28-18(13-25)14-7-6-10-16(11-14)27-15-8-4-3-5-9-15;6-5-1-3-7-4-2-5/h8-10,17-23,25,28,37,41-42H,11-14H2,1-7H3;3-12,17-18,20H,1-2H3;1-4H,(H2,6,7)/b15-8+;;/t17-,18+,19-,20+,21-,22-,23-,25+,28+,29-,30+,31+,32+,33+,34+,35+;17-,18?,20-;/m10./s1. The van der Waals surface area contributed by atoms with Crippen molar-refractivity contribution in [2.24, 2.45) is 51.2 Å². The van der Waals surface area contributed by atoms with Crippen molar-refractivity contribution in [3.63, 3.8) is 0 Å². The second-order valence-electron chi connectivity index (χ2n) is 24.2. The summed E-state index contributed by atoms with van der Waals surface area (Å²) in [5.41, 5.74) is -3.16. The van der Waals surface area contributed by atoms with Gasteiger partial charge in [0.25, 0.3) is 5.79 Å². The van der Waals surface area contributed by atoms with E-state index in [-0.39, 0.29) is 40.2 Å². The number of epoxide rings is 1. The van der Waals surface area contributed by atoms with Gasteiger partial charge in [0.15, 0.2) is 5.60 Å². The van der Waals surface area contributed by atoms with Crippen LogP contribution in [0.1, 0.15) is 73.0 Å². The van der Waals surface area contributed by atoms with Crippen LogP contribution in [0.4, 0.5) is 5.69 Å². The van der Waals surface area contributed by atoms with E-state index in [4.69, 9.17) is 81.0 Å². The molecule has 9 aliphatic rings. The number of benzene rings is 2. The number of nitrogens with two attached hydrogens (primary N) is 1. The van der Waals surface area contributed by atoms with Crippen LogP contribution in [-0.4, -0.2) is 137 Å². The van der Waals surface area contributed by atoms with E-state index in [0.717, 1.165) is 19.9 Å². The first-order chi connectivity index (χ1) is 40.7. The lowest BCUT2D eigenvalue weighted by Crippen LogP contribution is -2.79. The van der Waals surface area contributed by atoms with Gasteiger partial charge in [0, 0.05) is 71.1 Å². The smallest absolute Gasteiger partial charge is 0.366 e. The van der Waals surface area contributed by atoms with E-state index in [2.05, 4.69) is 4.98 Å². The van der Waals surface area contributed by atoms with Crippen LogP contribution in [0.5, 0.6) is 11.5 Å². The number of rotatable bonds is 12. The van der Waals surface area contributed by atoms with Crippen LogP contribution < -0.4 is 10.5 Å². The molecule has 2 bridgehead atoms. The molecule has 0 amide bonds. The number of carbonyl (C=O) groups is 5. The number of pyridine rings is 1. The van der Waals surface area contributed by atoms with Gasteiger partial charge >= 0.3 is 29.8 Å². The van der Waals surface area contributed by atoms with Crippen molar-refractivity contribution in [1.29, 1.82) is 5.26 Å². The van der Waals surface area contributed by atoms with Gasteiger partial charge in [-0.3, -0.25) is 19.4 Å². The van der Waals surface area contributed by atoms with Gasteiger partial charge < -0.3 is 73.2 Å². The van der Waals surface area contributed by atoms with Crippen molar-refractivity contribution >= 4 is 58.7 Å². The molecule has 8 fully saturated rings. The average molecular weight is 1230 g/mol. The summed E-state index contributed by atoms with van der Waals surface area (Å²) in [6, 6.07) is 21.8. The molecule has 1 spiro atoms. The molecule has 3 aromatic rings. The lowest BCUT2D eigenvalue weighted by Gasteiger charge is -2.65. The number of esters is 5. The minimum Gasteiger partial charge on any atom is -0.469 e. The second-order valence-corrected chi connectivity index (χ2v) is 25.3. The van der Waals surface area contributed by atoms with Gasteiger partial charge in [-0.15, -0.1) is 0 Å². The Hall–Kier alpha value is -6.65. The van der Waals surface area contributed by atoms with Crippen molar-refractivity contribution in [2.75, 3.05) is 33.2 Å². The van der Waals surface area contributed by atoms with Gasteiger partial charge in [-0.25, -0.2) is 9.59 Å². The fourth-order valence-electron chi connectivity index (χ4n) is 15.8.